The summed E-state index contributed by atoms with van der Waals surface area (Å²) in [6, 6.07) is 10.9. The summed E-state index contributed by atoms with van der Waals surface area (Å²) in [5.74, 6) is -1.03. The van der Waals surface area contributed by atoms with Gasteiger partial charge in [0, 0.05) is 23.7 Å². The minimum absolute atomic E-state index is 0.0139. The van der Waals surface area contributed by atoms with E-state index in [4.69, 9.17) is 9.47 Å². The van der Waals surface area contributed by atoms with E-state index in [9.17, 15) is 14.4 Å². The van der Waals surface area contributed by atoms with E-state index in [1.54, 1.807) is 29.9 Å². The Hall–Kier alpha value is -3.46. The van der Waals surface area contributed by atoms with Crippen LogP contribution < -0.4 is 4.90 Å². The van der Waals surface area contributed by atoms with E-state index in [1.807, 2.05) is 37.3 Å². The lowest BCUT2D eigenvalue weighted by molar-refractivity contribution is -0.145. The molecule has 0 N–H and O–H groups in total. The molecule has 0 atom stereocenters. The SMILES string of the molecule is CCOC(=O)c1cc(C)n(CC(=O)OCc2csc(N(C(C)=O)c3ccccc3)n2)c1C. The molecule has 0 aliphatic carbocycles. The number of amides is 1. The molecule has 0 spiro atoms. The first-order chi connectivity index (χ1) is 15.3. The van der Waals surface area contributed by atoms with E-state index in [0.29, 0.717) is 27.8 Å². The molecule has 0 saturated heterocycles. The number of carbonyl (C=O) groups is 3. The van der Waals surface area contributed by atoms with Crippen LogP contribution >= 0.6 is 11.3 Å². The van der Waals surface area contributed by atoms with Gasteiger partial charge in [0.2, 0.25) is 5.91 Å². The Morgan fingerprint density at radius 3 is 2.50 bits per heavy atom. The fourth-order valence-corrected chi connectivity index (χ4v) is 4.13. The number of aromatic nitrogens is 2. The third-order valence-corrected chi connectivity index (χ3v) is 5.67. The standard InChI is InChI=1S/C23H25N3O5S/c1-5-30-22(29)20-11-15(2)25(16(20)3)12-21(28)31-13-18-14-32-23(24-18)26(17(4)27)19-9-7-6-8-10-19/h6-11,14H,5,12-13H2,1-4H3. The van der Waals surface area contributed by atoms with Crippen LogP contribution in [0.4, 0.5) is 10.8 Å². The van der Waals surface area contributed by atoms with Crippen molar-refractivity contribution >= 4 is 40.0 Å². The molecule has 2 aromatic heterocycles. The fraction of sp³-hybridized carbons (Fsp3) is 0.304. The van der Waals surface area contributed by atoms with Crippen molar-refractivity contribution in [2.24, 2.45) is 0 Å². The monoisotopic (exact) mass is 455 g/mol. The van der Waals surface area contributed by atoms with Crippen molar-refractivity contribution in [1.29, 1.82) is 0 Å². The van der Waals surface area contributed by atoms with Gasteiger partial charge in [-0.3, -0.25) is 14.5 Å². The van der Waals surface area contributed by atoms with Gasteiger partial charge in [0.25, 0.3) is 0 Å². The molecule has 2 heterocycles. The number of para-hydroxylation sites is 1. The first-order valence-electron chi connectivity index (χ1n) is 10.1. The first kappa shape index (κ1) is 23.2. The highest BCUT2D eigenvalue weighted by atomic mass is 32.1. The lowest BCUT2D eigenvalue weighted by Gasteiger charge is -2.17. The van der Waals surface area contributed by atoms with E-state index >= 15 is 0 Å². The molecule has 0 fully saturated rings. The topological polar surface area (TPSA) is 90.7 Å². The Morgan fingerprint density at radius 2 is 1.84 bits per heavy atom. The van der Waals surface area contributed by atoms with Crippen molar-refractivity contribution in [2.75, 3.05) is 11.5 Å². The molecule has 32 heavy (non-hydrogen) atoms. The lowest BCUT2D eigenvalue weighted by atomic mass is 10.2. The van der Waals surface area contributed by atoms with Crippen molar-refractivity contribution in [3.8, 4) is 0 Å². The van der Waals surface area contributed by atoms with Gasteiger partial charge in [0.15, 0.2) is 5.13 Å². The molecule has 9 heteroatoms. The first-order valence-corrected chi connectivity index (χ1v) is 11.0. The maximum Gasteiger partial charge on any atom is 0.339 e. The highest BCUT2D eigenvalue weighted by molar-refractivity contribution is 7.14. The third-order valence-electron chi connectivity index (χ3n) is 4.80. The van der Waals surface area contributed by atoms with E-state index in [1.165, 1.54) is 23.2 Å². The molecule has 1 aromatic carbocycles. The molecule has 0 unspecified atom stereocenters. The summed E-state index contributed by atoms with van der Waals surface area (Å²) in [6.45, 7) is 7.03. The molecule has 3 aromatic rings. The second-order valence-corrected chi connectivity index (χ2v) is 7.90. The number of aryl methyl sites for hydroxylation is 1. The van der Waals surface area contributed by atoms with Gasteiger partial charge in [-0.15, -0.1) is 11.3 Å². The van der Waals surface area contributed by atoms with Gasteiger partial charge in [-0.25, -0.2) is 9.78 Å². The van der Waals surface area contributed by atoms with E-state index < -0.39 is 11.9 Å². The quantitative estimate of drug-likeness (QED) is 0.474. The Labute approximate surface area is 190 Å². The molecule has 0 aliphatic heterocycles. The van der Waals surface area contributed by atoms with Crippen LogP contribution in [0.25, 0.3) is 0 Å². The van der Waals surface area contributed by atoms with Crippen molar-refractivity contribution in [2.45, 2.75) is 40.8 Å². The van der Waals surface area contributed by atoms with Crippen LogP contribution in [0.3, 0.4) is 0 Å². The molecule has 0 saturated carbocycles. The predicted octanol–water partition coefficient (Wildman–Crippen LogP) is 4.17. The third kappa shape index (κ3) is 5.23. The van der Waals surface area contributed by atoms with Crippen molar-refractivity contribution < 1.29 is 23.9 Å². The zero-order chi connectivity index (χ0) is 23.3. The van der Waals surface area contributed by atoms with Crippen molar-refractivity contribution in [1.82, 2.24) is 9.55 Å². The number of ether oxygens (including phenoxy) is 2. The molecule has 0 aliphatic rings. The maximum absolute atomic E-state index is 12.4. The Balaban J connectivity index is 1.65. The maximum atomic E-state index is 12.4. The van der Waals surface area contributed by atoms with Gasteiger partial charge >= 0.3 is 11.9 Å². The minimum Gasteiger partial charge on any atom is -0.462 e. The summed E-state index contributed by atoms with van der Waals surface area (Å²) in [7, 11) is 0. The average Bonchev–Trinajstić information content (AvgIpc) is 3.33. The van der Waals surface area contributed by atoms with Gasteiger partial charge < -0.3 is 14.0 Å². The van der Waals surface area contributed by atoms with Crippen LogP contribution in [0, 0.1) is 13.8 Å². The number of hydrogen-bond acceptors (Lipinski definition) is 7. The Kier molecular flexibility index (Phi) is 7.42. The highest BCUT2D eigenvalue weighted by Gasteiger charge is 2.20. The van der Waals surface area contributed by atoms with Crippen LogP contribution in [0.2, 0.25) is 0 Å². The summed E-state index contributed by atoms with van der Waals surface area (Å²) in [5, 5.41) is 2.26. The number of nitrogens with zero attached hydrogens (tertiary/aromatic N) is 3. The number of carbonyl (C=O) groups excluding carboxylic acids is 3. The number of hydrogen-bond donors (Lipinski definition) is 0. The summed E-state index contributed by atoms with van der Waals surface area (Å²) in [5.41, 5.74) is 3.11. The number of esters is 2. The largest absolute Gasteiger partial charge is 0.462 e. The van der Waals surface area contributed by atoms with E-state index in [0.717, 1.165) is 5.69 Å². The minimum atomic E-state index is -0.455. The van der Waals surface area contributed by atoms with Crippen LogP contribution in [0.15, 0.2) is 41.8 Å². The molecular formula is C23H25N3O5S. The molecule has 0 bridgehead atoms. The van der Waals surface area contributed by atoms with Crippen LogP contribution in [-0.2, 0) is 32.2 Å². The summed E-state index contributed by atoms with van der Waals surface area (Å²) in [6.07, 6.45) is 0. The highest BCUT2D eigenvalue weighted by Crippen LogP contribution is 2.29. The zero-order valence-corrected chi connectivity index (χ0v) is 19.3. The smallest absolute Gasteiger partial charge is 0.339 e. The van der Waals surface area contributed by atoms with Crippen molar-refractivity contribution in [3.63, 3.8) is 0 Å². The summed E-state index contributed by atoms with van der Waals surface area (Å²) < 4.78 is 12.2. The van der Waals surface area contributed by atoms with Gasteiger partial charge in [-0.05, 0) is 39.0 Å². The molecule has 3 rings (SSSR count). The number of benzene rings is 1. The summed E-state index contributed by atoms with van der Waals surface area (Å²) >= 11 is 1.30. The molecule has 0 radical (unpaired) electrons. The van der Waals surface area contributed by atoms with Crippen molar-refractivity contribution in [3.05, 3.63) is 64.4 Å². The second kappa shape index (κ2) is 10.2. The van der Waals surface area contributed by atoms with Gasteiger partial charge in [-0.2, -0.15) is 0 Å². The summed E-state index contributed by atoms with van der Waals surface area (Å²) in [4.78, 5) is 42.6. The molecule has 168 valence electrons. The Morgan fingerprint density at radius 1 is 1.12 bits per heavy atom. The molecule has 1 amide bonds. The van der Waals surface area contributed by atoms with Gasteiger partial charge in [0.05, 0.1) is 23.6 Å². The predicted molar refractivity (Wildman–Crippen MR) is 121 cm³/mol. The van der Waals surface area contributed by atoms with Gasteiger partial charge in [-0.1, -0.05) is 18.2 Å². The number of anilines is 2. The average molecular weight is 456 g/mol. The van der Waals surface area contributed by atoms with Crippen LogP contribution in [0.5, 0.6) is 0 Å². The second-order valence-electron chi connectivity index (χ2n) is 7.06. The zero-order valence-electron chi connectivity index (χ0n) is 18.5. The number of rotatable bonds is 8. The number of thiazole rings is 1. The lowest BCUT2D eigenvalue weighted by Crippen LogP contribution is -2.22. The van der Waals surface area contributed by atoms with Crippen LogP contribution in [0.1, 0.15) is 41.3 Å². The normalized spacial score (nSPS) is 10.6. The Bertz CT molecular complexity index is 1120. The van der Waals surface area contributed by atoms with Crippen LogP contribution in [-0.4, -0.2) is 34.0 Å². The van der Waals surface area contributed by atoms with E-state index in [2.05, 4.69) is 4.98 Å². The molecular weight excluding hydrogens is 430 g/mol. The molecule has 8 nitrogen and oxygen atoms in total. The van der Waals surface area contributed by atoms with E-state index in [-0.39, 0.29) is 25.7 Å². The van der Waals surface area contributed by atoms with Gasteiger partial charge in [0.1, 0.15) is 13.2 Å². The fourth-order valence-electron chi connectivity index (χ4n) is 3.26.